The molecule has 5 nitrogen and oxygen atoms in total. The zero-order valence-corrected chi connectivity index (χ0v) is 25.8. The molecule has 1 saturated carbocycles. The number of para-hydroxylation sites is 2. The van der Waals surface area contributed by atoms with E-state index < -0.39 is 0 Å². The van der Waals surface area contributed by atoms with Crippen molar-refractivity contribution in [2.45, 2.75) is 89.4 Å². The number of imidazole rings is 1. The first-order valence-electron chi connectivity index (χ1n) is 12.7. The van der Waals surface area contributed by atoms with Crippen LogP contribution in [0.15, 0.2) is 42.6 Å². The molecule has 35 heavy (non-hydrogen) atoms. The molecule has 8 heteroatoms. The predicted octanol–water partition coefficient (Wildman–Crippen LogP) is 7.27. The lowest BCUT2D eigenvalue weighted by molar-refractivity contribution is 0.0730. The molecule has 1 atom stereocenters. The fourth-order valence-electron chi connectivity index (χ4n) is 5.75. The Morgan fingerprint density at radius 2 is 1.80 bits per heavy atom. The minimum absolute atomic E-state index is 0. The second-order valence-corrected chi connectivity index (χ2v) is 9.64. The van der Waals surface area contributed by atoms with Crippen LogP contribution in [0.3, 0.4) is 0 Å². The van der Waals surface area contributed by atoms with Gasteiger partial charge in [0.1, 0.15) is 5.82 Å². The van der Waals surface area contributed by atoms with Gasteiger partial charge in [-0.2, -0.15) is 0 Å². The Labute approximate surface area is 241 Å². The number of fused-ring (bicyclic) bond motifs is 2. The summed E-state index contributed by atoms with van der Waals surface area (Å²) in [6.45, 7) is 4.30. The number of halogens is 3. The third-order valence-corrected chi connectivity index (χ3v) is 7.47. The number of aromatic amines is 1. The maximum atomic E-state index is 4.93. The van der Waals surface area contributed by atoms with Gasteiger partial charge in [-0.3, -0.25) is 9.88 Å². The molecule has 1 fully saturated rings. The molecule has 0 aliphatic heterocycles. The number of aromatic nitrogens is 3. The van der Waals surface area contributed by atoms with Crippen molar-refractivity contribution in [1.29, 1.82) is 0 Å². The highest BCUT2D eigenvalue weighted by molar-refractivity contribution is 8.93. The summed E-state index contributed by atoms with van der Waals surface area (Å²) < 4.78 is 0. The Bertz CT molecular complexity index is 986. The van der Waals surface area contributed by atoms with E-state index in [9.17, 15) is 0 Å². The average Bonchev–Trinajstić information content (AvgIpc) is 3.26. The number of hydrogen-bond donors (Lipinski definition) is 2. The molecular weight excluding hydrogens is 634 g/mol. The smallest absolute Gasteiger partial charge is 0.121 e. The summed E-state index contributed by atoms with van der Waals surface area (Å²) in [5, 5.41) is 3.80. The van der Waals surface area contributed by atoms with Crippen LogP contribution in [0.25, 0.3) is 11.0 Å². The van der Waals surface area contributed by atoms with Gasteiger partial charge in [-0.1, -0.05) is 31.5 Å². The summed E-state index contributed by atoms with van der Waals surface area (Å²) in [5.41, 5.74) is 4.94. The Morgan fingerprint density at radius 3 is 2.57 bits per heavy atom. The number of benzene rings is 1. The molecule has 1 unspecified atom stereocenters. The molecule has 5 rings (SSSR count). The van der Waals surface area contributed by atoms with Crippen LogP contribution < -0.4 is 5.32 Å². The summed E-state index contributed by atoms with van der Waals surface area (Å²) in [6.07, 6.45) is 13.2. The van der Waals surface area contributed by atoms with Crippen LogP contribution in [-0.2, 0) is 13.0 Å². The van der Waals surface area contributed by atoms with Crippen molar-refractivity contribution in [3.05, 3.63) is 59.7 Å². The van der Waals surface area contributed by atoms with Crippen molar-refractivity contribution in [3.63, 3.8) is 0 Å². The molecule has 0 spiro atoms. The van der Waals surface area contributed by atoms with E-state index in [4.69, 9.17) is 9.97 Å². The monoisotopic (exact) mass is 671 g/mol. The number of hydrogen-bond acceptors (Lipinski definition) is 4. The first kappa shape index (κ1) is 30.4. The van der Waals surface area contributed by atoms with Gasteiger partial charge < -0.3 is 10.3 Å². The van der Waals surface area contributed by atoms with Gasteiger partial charge in [0.15, 0.2) is 0 Å². The molecule has 2 aromatic heterocycles. The van der Waals surface area contributed by atoms with Gasteiger partial charge in [-0.25, -0.2) is 4.98 Å². The van der Waals surface area contributed by atoms with E-state index in [0.717, 1.165) is 36.4 Å². The topological polar surface area (TPSA) is 56.8 Å². The summed E-state index contributed by atoms with van der Waals surface area (Å²) in [5.74, 6) is 1.08. The molecule has 1 aromatic carbocycles. The van der Waals surface area contributed by atoms with Gasteiger partial charge in [0.25, 0.3) is 0 Å². The molecule has 0 saturated heterocycles. The van der Waals surface area contributed by atoms with E-state index in [1.807, 2.05) is 6.20 Å². The average molecular weight is 674 g/mol. The van der Waals surface area contributed by atoms with Crippen LogP contribution in [0.5, 0.6) is 0 Å². The first-order chi connectivity index (χ1) is 15.8. The van der Waals surface area contributed by atoms with Crippen molar-refractivity contribution in [3.8, 4) is 0 Å². The number of rotatable bonds is 8. The molecule has 2 N–H and O–H groups in total. The van der Waals surface area contributed by atoms with Gasteiger partial charge >= 0.3 is 0 Å². The fourth-order valence-corrected chi connectivity index (χ4v) is 5.75. The molecule has 0 bridgehead atoms. The summed E-state index contributed by atoms with van der Waals surface area (Å²) in [4.78, 5) is 16.1. The van der Waals surface area contributed by atoms with E-state index in [2.05, 4.69) is 58.5 Å². The quantitative estimate of drug-likeness (QED) is 0.247. The molecule has 0 radical (unpaired) electrons. The van der Waals surface area contributed by atoms with Crippen LogP contribution >= 0.6 is 50.9 Å². The maximum Gasteiger partial charge on any atom is 0.121 e. The Balaban J connectivity index is 0.00000144. The van der Waals surface area contributed by atoms with E-state index in [1.54, 1.807) is 0 Å². The lowest BCUT2D eigenvalue weighted by atomic mass is 9.85. The van der Waals surface area contributed by atoms with Gasteiger partial charge in [-0.15, -0.1) is 50.9 Å². The zero-order valence-electron chi connectivity index (χ0n) is 20.6. The second kappa shape index (κ2) is 14.8. The van der Waals surface area contributed by atoms with Crippen LogP contribution in [0, 0.1) is 0 Å². The summed E-state index contributed by atoms with van der Waals surface area (Å²) >= 11 is 0. The highest BCUT2D eigenvalue weighted by atomic mass is 79.9. The number of H-pyrrole nitrogens is 1. The fraction of sp³-hybridized carbons (Fsp3) is 0.556. The van der Waals surface area contributed by atoms with Crippen LogP contribution in [0.1, 0.15) is 81.4 Å². The Kier molecular flexibility index (Phi) is 12.9. The second-order valence-electron chi connectivity index (χ2n) is 9.64. The first-order valence-corrected chi connectivity index (χ1v) is 12.7. The summed E-state index contributed by atoms with van der Waals surface area (Å²) in [6, 6.07) is 14.4. The maximum absolute atomic E-state index is 4.93. The minimum Gasteiger partial charge on any atom is -0.341 e. The molecular formula is C27H40Br3N5. The third-order valence-electron chi connectivity index (χ3n) is 7.47. The Hall–Kier alpha value is -0.800. The van der Waals surface area contributed by atoms with Gasteiger partial charge in [0.05, 0.1) is 29.3 Å². The molecule has 194 valence electrons. The standard InChI is InChI=1S/C27H37N5.3BrH/c1-2-3-17-28-21-13-15-22(16-14-21)32(19-26-30-23-10-4-5-11-24(23)31-26)25-12-6-8-20-9-7-18-29-27(20)25;;;/h4-5,7,9-11,18,21-22,25,28H,2-3,6,8,12-17,19H2,1H3,(H,30,31);3*1H. The highest BCUT2D eigenvalue weighted by Gasteiger charge is 2.34. The lowest BCUT2D eigenvalue weighted by Crippen LogP contribution is -2.45. The third kappa shape index (κ3) is 7.37. The molecule has 2 aliphatic rings. The van der Waals surface area contributed by atoms with Crippen LogP contribution in [-0.4, -0.2) is 38.5 Å². The van der Waals surface area contributed by atoms with Gasteiger partial charge in [-0.05, 0) is 81.7 Å². The van der Waals surface area contributed by atoms with E-state index in [1.165, 1.54) is 62.6 Å². The van der Waals surface area contributed by atoms with Gasteiger partial charge in [0, 0.05) is 18.3 Å². The van der Waals surface area contributed by atoms with Crippen LogP contribution in [0.4, 0.5) is 0 Å². The van der Waals surface area contributed by atoms with Crippen LogP contribution in [0.2, 0.25) is 0 Å². The van der Waals surface area contributed by atoms with Crippen molar-refractivity contribution in [2.24, 2.45) is 0 Å². The summed E-state index contributed by atoms with van der Waals surface area (Å²) in [7, 11) is 0. The minimum atomic E-state index is 0. The van der Waals surface area contributed by atoms with Gasteiger partial charge in [0.2, 0.25) is 0 Å². The molecule has 0 amide bonds. The lowest BCUT2D eigenvalue weighted by Gasteiger charge is -2.42. The normalized spacial score (nSPS) is 21.5. The van der Waals surface area contributed by atoms with Crippen molar-refractivity contribution in [1.82, 2.24) is 25.2 Å². The van der Waals surface area contributed by atoms with E-state index in [0.29, 0.717) is 18.1 Å². The molecule has 3 aromatic rings. The zero-order chi connectivity index (χ0) is 21.8. The number of aryl methyl sites for hydroxylation is 1. The largest absolute Gasteiger partial charge is 0.341 e. The molecule has 2 heterocycles. The van der Waals surface area contributed by atoms with E-state index in [-0.39, 0.29) is 50.9 Å². The van der Waals surface area contributed by atoms with E-state index >= 15 is 0 Å². The number of pyridine rings is 1. The number of nitrogens with zero attached hydrogens (tertiary/aromatic N) is 3. The van der Waals surface area contributed by atoms with Crippen molar-refractivity contribution >= 4 is 62.0 Å². The number of unbranched alkanes of at least 4 members (excludes halogenated alkanes) is 1. The SMILES string of the molecule is Br.Br.Br.CCCCNC1CCC(N(Cc2nc3ccccc3[nH]2)C2CCCc3cccnc32)CC1. The molecule has 2 aliphatic carbocycles. The Morgan fingerprint density at radius 1 is 1.00 bits per heavy atom. The van der Waals surface area contributed by atoms with Crippen molar-refractivity contribution < 1.29 is 0 Å². The highest BCUT2D eigenvalue weighted by Crippen LogP contribution is 2.38. The number of nitrogens with one attached hydrogen (secondary N) is 2. The van der Waals surface area contributed by atoms with Crippen molar-refractivity contribution in [2.75, 3.05) is 6.54 Å². The predicted molar refractivity (Wildman–Crippen MR) is 161 cm³/mol.